The fourth-order valence-electron chi connectivity index (χ4n) is 3.02. The minimum Gasteiger partial charge on any atom is -0.324 e. The third-order valence-corrected chi connectivity index (χ3v) is 6.36. The van der Waals surface area contributed by atoms with Gasteiger partial charge in [-0.15, -0.1) is 0 Å². The number of hydrogen-bond donors (Lipinski definition) is 3. The fraction of sp³-hybridized carbons (Fsp3) is 0.200. The Morgan fingerprint density at radius 3 is 2.16 bits per heavy atom. The van der Waals surface area contributed by atoms with Crippen LogP contribution in [0.4, 0.5) is 11.6 Å². The van der Waals surface area contributed by atoms with E-state index in [0.29, 0.717) is 17.8 Å². The van der Waals surface area contributed by atoms with E-state index in [2.05, 4.69) is 15.3 Å². The van der Waals surface area contributed by atoms with E-state index in [4.69, 9.17) is 10.3 Å². The summed E-state index contributed by atoms with van der Waals surface area (Å²) >= 11 is 0. The van der Waals surface area contributed by atoms with Crippen LogP contribution in [0.2, 0.25) is 0 Å². The van der Waals surface area contributed by atoms with Gasteiger partial charge < -0.3 is 5.32 Å². The first-order chi connectivity index (χ1) is 14.4. The number of anilines is 2. The molecule has 0 spiro atoms. The van der Waals surface area contributed by atoms with E-state index in [0.717, 1.165) is 11.1 Å². The summed E-state index contributed by atoms with van der Waals surface area (Å²) in [5.41, 5.74) is 2.81. The molecule has 0 amide bonds. The Labute approximate surface area is 181 Å². The largest absolute Gasteiger partial charge is 0.324 e. The quantitative estimate of drug-likeness (QED) is 0.486. The molecule has 3 rings (SSSR count). The van der Waals surface area contributed by atoms with Crippen molar-refractivity contribution in [2.45, 2.75) is 36.0 Å². The average Bonchev–Trinajstić information content (AvgIpc) is 2.67. The van der Waals surface area contributed by atoms with Crippen molar-refractivity contribution in [2.24, 2.45) is 10.3 Å². The van der Waals surface area contributed by atoms with E-state index in [-0.39, 0.29) is 21.7 Å². The Morgan fingerprint density at radius 2 is 1.55 bits per heavy atom. The highest BCUT2D eigenvalue weighted by Gasteiger charge is 2.14. The molecule has 0 saturated heterocycles. The van der Waals surface area contributed by atoms with Gasteiger partial charge in [0.05, 0.1) is 15.5 Å². The summed E-state index contributed by atoms with van der Waals surface area (Å²) in [7, 11) is -7.65. The van der Waals surface area contributed by atoms with Gasteiger partial charge in [0.15, 0.2) is 0 Å². The van der Waals surface area contributed by atoms with Crippen LogP contribution in [0.5, 0.6) is 0 Å². The smallest absolute Gasteiger partial charge is 0.238 e. The molecule has 1 aromatic heterocycles. The van der Waals surface area contributed by atoms with Crippen molar-refractivity contribution >= 4 is 31.7 Å². The molecule has 9 nitrogen and oxygen atoms in total. The predicted molar refractivity (Wildman–Crippen MR) is 118 cm³/mol. The van der Waals surface area contributed by atoms with Crippen molar-refractivity contribution in [2.75, 3.05) is 5.32 Å². The lowest BCUT2D eigenvalue weighted by atomic mass is 9.99. The third kappa shape index (κ3) is 5.85. The highest BCUT2D eigenvalue weighted by atomic mass is 32.2. The van der Waals surface area contributed by atoms with Crippen LogP contribution >= 0.6 is 0 Å². The van der Waals surface area contributed by atoms with Crippen LogP contribution in [-0.4, -0.2) is 26.8 Å². The van der Waals surface area contributed by atoms with Crippen LogP contribution in [0.1, 0.15) is 36.6 Å². The fourth-order valence-corrected chi connectivity index (χ4v) is 4.16. The minimum atomic E-state index is -3.84. The number of nitrogens with two attached hydrogens (primary N) is 2. The molecule has 5 N–H and O–H groups in total. The molecular weight excluding hydrogens is 438 g/mol. The Hall–Kier alpha value is -2.86. The molecule has 0 aliphatic carbocycles. The monoisotopic (exact) mass is 461 g/mol. The number of aromatic nitrogens is 2. The topological polar surface area (TPSA) is 158 Å². The van der Waals surface area contributed by atoms with Crippen molar-refractivity contribution in [1.82, 2.24) is 9.97 Å². The van der Waals surface area contributed by atoms with Gasteiger partial charge in [0, 0.05) is 18.3 Å². The lowest BCUT2D eigenvalue weighted by Crippen LogP contribution is -2.13. The molecule has 3 aromatic rings. The molecule has 0 aliphatic heterocycles. The first-order valence-electron chi connectivity index (χ1n) is 9.31. The van der Waals surface area contributed by atoms with E-state index in [1.807, 2.05) is 13.8 Å². The van der Waals surface area contributed by atoms with Crippen LogP contribution in [0.15, 0.2) is 64.5 Å². The average molecular weight is 462 g/mol. The minimum absolute atomic E-state index is 0.0308. The maximum Gasteiger partial charge on any atom is 0.238 e. The van der Waals surface area contributed by atoms with Gasteiger partial charge in [0.1, 0.15) is 0 Å². The highest BCUT2D eigenvalue weighted by molar-refractivity contribution is 7.89. The molecule has 1 heterocycles. The highest BCUT2D eigenvalue weighted by Crippen LogP contribution is 2.24. The summed E-state index contributed by atoms with van der Waals surface area (Å²) < 4.78 is 46.5. The van der Waals surface area contributed by atoms with Crippen LogP contribution in [0, 0.1) is 0 Å². The molecule has 0 fully saturated rings. The molecule has 0 bridgehead atoms. The molecule has 164 valence electrons. The van der Waals surface area contributed by atoms with E-state index in [9.17, 15) is 16.8 Å². The van der Waals surface area contributed by atoms with E-state index in [1.165, 1.54) is 24.3 Å². The molecule has 11 heteroatoms. The lowest BCUT2D eigenvalue weighted by Gasteiger charge is -2.14. The Bertz CT molecular complexity index is 1320. The Balaban J connectivity index is 1.95. The normalized spacial score (nSPS) is 12.2. The van der Waals surface area contributed by atoms with Gasteiger partial charge in [-0.2, -0.15) is 0 Å². The summed E-state index contributed by atoms with van der Waals surface area (Å²) in [6.45, 7) is 4.01. The predicted octanol–water partition coefficient (Wildman–Crippen LogP) is 2.23. The van der Waals surface area contributed by atoms with Crippen molar-refractivity contribution in [3.63, 3.8) is 0 Å². The number of nitrogens with one attached hydrogen (secondary N) is 1. The summed E-state index contributed by atoms with van der Waals surface area (Å²) in [4.78, 5) is 8.91. The number of benzene rings is 2. The molecule has 0 saturated carbocycles. The van der Waals surface area contributed by atoms with Gasteiger partial charge in [0.2, 0.25) is 26.0 Å². The zero-order valence-electron chi connectivity index (χ0n) is 17.0. The molecule has 0 aliphatic rings. The van der Waals surface area contributed by atoms with Crippen molar-refractivity contribution in [1.29, 1.82) is 0 Å². The number of nitrogens with zero attached hydrogens (tertiary/aromatic N) is 2. The first-order valence-corrected chi connectivity index (χ1v) is 12.4. The zero-order valence-corrected chi connectivity index (χ0v) is 18.6. The number of primary sulfonamides is 2. The van der Waals surface area contributed by atoms with Crippen molar-refractivity contribution in [3.8, 4) is 0 Å². The summed E-state index contributed by atoms with van der Waals surface area (Å²) in [5.74, 6) is 0.407. The number of sulfonamides is 2. The Kier molecular flexibility index (Phi) is 6.41. The zero-order chi connectivity index (χ0) is 22.8. The molecule has 31 heavy (non-hydrogen) atoms. The second kappa shape index (κ2) is 8.71. The van der Waals surface area contributed by atoms with Crippen molar-refractivity contribution < 1.29 is 16.8 Å². The number of rotatable bonds is 7. The van der Waals surface area contributed by atoms with Gasteiger partial charge in [-0.05, 0) is 47.4 Å². The second-order valence-electron chi connectivity index (χ2n) is 7.32. The van der Waals surface area contributed by atoms with Gasteiger partial charge in [-0.25, -0.2) is 37.1 Å². The summed E-state index contributed by atoms with van der Waals surface area (Å²) in [5, 5.41) is 13.4. The standard InChI is InChI=1S/C20H23N5O4S2/c1-13(2)18-12-23-20(24-15-6-4-8-17(11-15)31(22,28)29)25-19(18)10-14-5-3-7-16(9-14)30(21,26)27/h3-9,11-13H,10H2,1-2H3,(H2,21,26,27)(H2,22,28,29)(H,23,24,25). The maximum absolute atomic E-state index is 11.7. The van der Waals surface area contributed by atoms with Crippen LogP contribution < -0.4 is 15.6 Å². The van der Waals surface area contributed by atoms with Crippen LogP contribution in [0.25, 0.3) is 0 Å². The molecule has 0 radical (unpaired) electrons. The summed E-state index contributed by atoms with van der Waals surface area (Å²) in [6.07, 6.45) is 2.06. The Morgan fingerprint density at radius 1 is 0.935 bits per heavy atom. The van der Waals surface area contributed by atoms with Gasteiger partial charge in [-0.3, -0.25) is 0 Å². The maximum atomic E-state index is 11.7. The summed E-state index contributed by atoms with van der Waals surface area (Å²) in [6, 6.07) is 12.4. The van der Waals surface area contributed by atoms with E-state index >= 15 is 0 Å². The van der Waals surface area contributed by atoms with Gasteiger partial charge >= 0.3 is 0 Å². The SMILES string of the molecule is CC(C)c1cnc(Nc2cccc(S(N)(=O)=O)c2)nc1Cc1cccc(S(N)(=O)=O)c1. The first kappa shape index (κ1) is 22.8. The van der Waals surface area contributed by atoms with E-state index < -0.39 is 20.0 Å². The molecule has 0 unspecified atom stereocenters. The molecule has 2 aromatic carbocycles. The van der Waals surface area contributed by atoms with Gasteiger partial charge in [-0.1, -0.05) is 32.0 Å². The number of hydrogen-bond acceptors (Lipinski definition) is 7. The van der Waals surface area contributed by atoms with Gasteiger partial charge in [0.25, 0.3) is 0 Å². The molecule has 0 atom stereocenters. The van der Waals surface area contributed by atoms with Crippen molar-refractivity contribution in [3.05, 3.63) is 71.5 Å². The lowest BCUT2D eigenvalue weighted by molar-refractivity contribution is 0.596. The van der Waals surface area contributed by atoms with E-state index in [1.54, 1.807) is 30.5 Å². The second-order valence-corrected chi connectivity index (χ2v) is 10.4. The van der Waals surface area contributed by atoms with Crippen LogP contribution in [0.3, 0.4) is 0 Å². The van der Waals surface area contributed by atoms with Crippen LogP contribution in [-0.2, 0) is 26.5 Å². The third-order valence-electron chi connectivity index (χ3n) is 4.54. The molecular formula is C20H23N5O4S2.